The number of amides is 1. The van der Waals surface area contributed by atoms with Gasteiger partial charge in [0.2, 0.25) is 11.8 Å². The van der Waals surface area contributed by atoms with E-state index < -0.39 is 5.41 Å². The molecular formula is C21H23N5O3. The quantitative estimate of drug-likeness (QED) is 0.672. The van der Waals surface area contributed by atoms with Gasteiger partial charge in [0.15, 0.2) is 0 Å². The molecule has 0 aliphatic carbocycles. The van der Waals surface area contributed by atoms with Crippen LogP contribution >= 0.6 is 0 Å². The van der Waals surface area contributed by atoms with Crippen LogP contribution in [0.15, 0.2) is 42.7 Å². The average Bonchev–Trinajstić information content (AvgIpc) is 3.19. The van der Waals surface area contributed by atoms with Crippen molar-refractivity contribution in [2.24, 2.45) is 0 Å². The van der Waals surface area contributed by atoms with Crippen LogP contribution in [-0.4, -0.2) is 62.8 Å². The van der Waals surface area contributed by atoms with Crippen molar-refractivity contribution in [3.8, 4) is 5.88 Å². The molecule has 2 aliphatic heterocycles. The summed E-state index contributed by atoms with van der Waals surface area (Å²) in [6, 6.07) is 11.9. The molecule has 0 radical (unpaired) electrons. The third-order valence-electron chi connectivity index (χ3n) is 5.85. The fraction of sp³-hybridized carbons (Fsp3) is 0.429. The standard InChI is InChI=1S/C21H23N5O3/c1-15-11-18(26-20(24-15)22-14-23-26)29-17-12-25(13-17)19(27)21(7-9-28-10-8-21)16-5-3-2-4-6-16/h2-6,11,14,17H,7-10,12-13H2,1H3. The molecule has 2 fully saturated rings. The molecule has 0 bridgehead atoms. The zero-order valence-corrected chi connectivity index (χ0v) is 16.3. The fourth-order valence-corrected chi connectivity index (χ4v) is 4.24. The minimum absolute atomic E-state index is 0.0687. The highest BCUT2D eigenvalue weighted by atomic mass is 16.5. The van der Waals surface area contributed by atoms with Crippen molar-refractivity contribution in [2.75, 3.05) is 26.3 Å². The van der Waals surface area contributed by atoms with Gasteiger partial charge in [0, 0.05) is 25.0 Å². The van der Waals surface area contributed by atoms with Crippen LogP contribution < -0.4 is 4.74 Å². The van der Waals surface area contributed by atoms with E-state index in [0.717, 1.165) is 11.3 Å². The molecule has 0 spiro atoms. The largest absolute Gasteiger partial charge is 0.470 e. The van der Waals surface area contributed by atoms with Gasteiger partial charge in [0.25, 0.3) is 5.78 Å². The molecule has 0 N–H and O–H groups in total. The molecule has 4 heterocycles. The van der Waals surface area contributed by atoms with Crippen molar-refractivity contribution in [3.63, 3.8) is 0 Å². The van der Waals surface area contributed by atoms with E-state index in [1.54, 1.807) is 4.52 Å². The Balaban J connectivity index is 1.32. The number of aryl methyl sites for hydroxylation is 1. The average molecular weight is 393 g/mol. The molecule has 5 rings (SSSR count). The van der Waals surface area contributed by atoms with Crippen LogP contribution in [0, 0.1) is 6.92 Å². The van der Waals surface area contributed by atoms with Crippen molar-refractivity contribution < 1.29 is 14.3 Å². The van der Waals surface area contributed by atoms with E-state index in [1.165, 1.54) is 6.33 Å². The predicted molar refractivity (Wildman–Crippen MR) is 105 cm³/mol. The number of hydrogen-bond acceptors (Lipinski definition) is 6. The highest BCUT2D eigenvalue weighted by Crippen LogP contribution is 2.38. The first-order valence-electron chi connectivity index (χ1n) is 9.92. The van der Waals surface area contributed by atoms with Crippen LogP contribution in [0.1, 0.15) is 24.1 Å². The van der Waals surface area contributed by atoms with Gasteiger partial charge in [-0.1, -0.05) is 30.3 Å². The topological polar surface area (TPSA) is 81.8 Å². The molecule has 8 heteroatoms. The zero-order chi connectivity index (χ0) is 19.8. The summed E-state index contributed by atoms with van der Waals surface area (Å²) in [7, 11) is 0. The summed E-state index contributed by atoms with van der Waals surface area (Å²) in [5, 5.41) is 4.17. The molecule has 2 saturated heterocycles. The number of nitrogens with zero attached hydrogens (tertiary/aromatic N) is 5. The van der Waals surface area contributed by atoms with Crippen LogP contribution in [-0.2, 0) is 14.9 Å². The zero-order valence-electron chi connectivity index (χ0n) is 16.3. The van der Waals surface area contributed by atoms with E-state index >= 15 is 0 Å². The second-order valence-corrected chi connectivity index (χ2v) is 7.72. The summed E-state index contributed by atoms with van der Waals surface area (Å²) in [6.45, 7) is 4.23. The van der Waals surface area contributed by atoms with Crippen LogP contribution in [0.25, 0.3) is 5.78 Å². The lowest BCUT2D eigenvalue weighted by Crippen LogP contribution is -2.61. The van der Waals surface area contributed by atoms with Crippen molar-refractivity contribution in [1.29, 1.82) is 0 Å². The van der Waals surface area contributed by atoms with Gasteiger partial charge in [-0.05, 0) is 25.3 Å². The number of carbonyl (C=O) groups excluding carboxylic acids is 1. The lowest BCUT2D eigenvalue weighted by Gasteiger charge is -2.46. The minimum Gasteiger partial charge on any atom is -0.470 e. The normalized spacial score (nSPS) is 19.1. The minimum atomic E-state index is -0.503. The second kappa shape index (κ2) is 7.11. The summed E-state index contributed by atoms with van der Waals surface area (Å²) >= 11 is 0. The number of carbonyl (C=O) groups is 1. The third-order valence-corrected chi connectivity index (χ3v) is 5.85. The third kappa shape index (κ3) is 3.13. The Morgan fingerprint density at radius 3 is 2.72 bits per heavy atom. The molecule has 1 amide bonds. The SMILES string of the molecule is Cc1cc(OC2CN(C(=O)C3(c4ccccc4)CCOCC3)C2)n2ncnc2n1. The van der Waals surface area contributed by atoms with Crippen molar-refractivity contribution in [2.45, 2.75) is 31.3 Å². The Kier molecular flexibility index (Phi) is 4.43. The Bertz CT molecular complexity index is 1020. The summed E-state index contributed by atoms with van der Waals surface area (Å²) in [4.78, 5) is 23.9. The van der Waals surface area contributed by atoms with Crippen LogP contribution in [0.5, 0.6) is 5.88 Å². The first-order chi connectivity index (χ1) is 14.2. The van der Waals surface area contributed by atoms with E-state index in [9.17, 15) is 4.79 Å². The Labute approximate surface area is 168 Å². The van der Waals surface area contributed by atoms with E-state index in [-0.39, 0.29) is 12.0 Å². The molecule has 3 aromatic rings. The lowest BCUT2D eigenvalue weighted by atomic mass is 9.72. The summed E-state index contributed by atoms with van der Waals surface area (Å²) < 4.78 is 13.3. The maximum atomic E-state index is 13.5. The number of ether oxygens (including phenoxy) is 2. The summed E-state index contributed by atoms with van der Waals surface area (Å²) in [6.07, 6.45) is 2.81. The van der Waals surface area contributed by atoms with Gasteiger partial charge in [-0.25, -0.2) is 4.98 Å². The molecule has 0 unspecified atom stereocenters. The van der Waals surface area contributed by atoms with Crippen molar-refractivity contribution in [1.82, 2.24) is 24.5 Å². The predicted octanol–water partition coefficient (Wildman–Crippen LogP) is 1.77. The van der Waals surface area contributed by atoms with Gasteiger partial charge in [-0.15, -0.1) is 0 Å². The molecule has 29 heavy (non-hydrogen) atoms. The van der Waals surface area contributed by atoms with Crippen LogP contribution in [0.3, 0.4) is 0 Å². The van der Waals surface area contributed by atoms with Crippen molar-refractivity contribution in [3.05, 3.63) is 54.0 Å². The molecule has 1 aromatic carbocycles. The number of hydrogen-bond donors (Lipinski definition) is 0. The van der Waals surface area contributed by atoms with Gasteiger partial charge in [-0.3, -0.25) is 4.79 Å². The number of likely N-dealkylation sites (tertiary alicyclic amines) is 1. The number of rotatable bonds is 4. The van der Waals surface area contributed by atoms with E-state index in [0.29, 0.717) is 50.8 Å². The smallest absolute Gasteiger partial charge is 0.255 e. The molecule has 0 atom stereocenters. The summed E-state index contributed by atoms with van der Waals surface area (Å²) in [5.41, 5.74) is 1.39. The maximum Gasteiger partial charge on any atom is 0.255 e. The first-order valence-corrected chi connectivity index (χ1v) is 9.92. The Hall–Kier alpha value is -3.00. The summed E-state index contributed by atoms with van der Waals surface area (Å²) in [5.74, 6) is 1.28. The van der Waals surface area contributed by atoms with Crippen LogP contribution in [0.4, 0.5) is 0 Å². The van der Waals surface area contributed by atoms with Crippen LogP contribution in [0.2, 0.25) is 0 Å². The fourth-order valence-electron chi connectivity index (χ4n) is 4.24. The molecule has 150 valence electrons. The van der Waals surface area contributed by atoms with Gasteiger partial charge in [0.05, 0.1) is 18.5 Å². The van der Waals surface area contributed by atoms with E-state index in [4.69, 9.17) is 9.47 Å². The molecule has 0 saturated carbocycles. The van der Waals surface area contributed by atoms with Crippen molar-refractivity contribution >= 4 is 11.7 Å². The Morgan fingerprint density at radius 1 is 1.21 bits per heavy atom. The monoisotopic (exact) mass is 393 g/mol. The van der Waals surface area contributed by atoms with E-state index in [2.05, 4.69) is 27.2 Å². The highest BCUT2D eigenvalue weighted by Gasteiger charge is 2.47. The highest BCUT2D eigenvalue weighted by molar-refractivity contribution is 5.89. The first kappa shape index (κ1) is 18.1. The van der Waals surface area contributed by atoms with Gasteiger partial charge in [-0.2, -0.15) is 14.6 Å². The van der Waals surface area contributed by atoms with Gasteiger partial charge < -0.3 is 14.4 Å². The lowest BCUT2D eigenvalue weighted by molar-refractivity contribution is -0.150. The van der Waals surface area contributed by atoms with E-state index in [1.807, 2.05) is 36.1 Å². The second-order valence-electron chi connectivity index (χ2n) is 7.72. The van der Waals surface area contributed by atoms with Gasteiger partial charge in [0.1, 0.15) is 12.4 Å². The number of aromatic nitrogens is 4. The molecule has 2 aromatic heterocycles. The molecular weight excluding hydrogens is 370 g/mol. The number of fused-ring (bicyclic) bond motifs is 1. The molecule has 2 aliphatic rings. The number of benzene rings is 1. The molecule has 8 nitrogen and oxygen atoms in total. The Morgan fingerprint density at radius 2 is 1.97 bits per heavy atom. The van der Waals surface area contributed by atoms with Gasteiger partial charge >= 0.3 is 0 Å². The maximum absolute atomic E-state index is 13.5.